The van der Waals surface area contributed by atoms with Crippen molar-refractivity contribution in [3.05, 3.63) is 24.3 Å². The molecule has 0 aromatic heterocycles. The van der Waals surface area contributed by atoms with E-state index in [0.29, 0.717) is 0 Å². The standard InChI is InChI=1S/C18H26O12/c19-5-9-11(22)12(23)14(25)18(28-9)30-16-10(6-20)29-17(15(26)13(16)24)27-8-3-1-7(21)2-4-8/h1-4,9-26H,5-6H2/t9-,10-,11-,12+,13-,14-,15-,16-,17-,18-/m1/s1. The fraction of sp³-hybridized carbons (Fsp3) is 0.667. The van der Waals surface area contributed by atoms with E-state index in [9.17, 15) is 40.9 Å². The first-order valence-electron chi connectivity index (χ1n) is 9.31. The maximum Gasteiger partial charge on any atom is 0.229 e. The Labute approximate surface area is 171 Å². The van der Waals surface area contributed by atoms with Crippen LogP contribution < -0.4 is 4.74 Å². The third-order valence-corrected chi connectivity index (χ3v) is 5.05. The highest BCUT2D eigenvalue weighted by Gasteiger charge is 2.51. The van der Waals surface area contributed by atoms with Gasteiger partial charge >= 0.3 is 0 Å². The first-order chi connectivity index (χ1) is 14.3. The average molecular weight is 434 g/mol. The SMILES string of the molecule is OC[C@H]1O[C@H](O[C@H]2[C@H](O)[C@@H](O)[C@H](Oc3ccc(O)cc3)O[C@@H]2CO)[C@H](O)[C@@H](O)[C@@H]1O. The highest BCUT2D eigenvalue weighted by molar-refractivity contribution is 5.30. The summed E-state index contributed by atoms with van der Waals surface area (Å²) in [5.41, 5.74) is 0. The van der Waals surface area contributed by atoms with Gasteiger partial charge in [-0.3, -0.25) is 0 Å². The molecule has 10 atom stereocenters. The summed E-state index contributed by atoms with van der Waals surface area (Å²) >= 11 is 0. The molecule has 0 unspecified atom stereocenters. The summed E-state index contributed by atoms with van der Waals surface area (Å²) in [5.74, 6) is 0.211. The Bertz CT molecular complexity index is 668. The van der Waals surface area contributed by atoms with Crippen LogP contribution in [-0.4, -0.2) is 115 Å². The molecule has 2 aliphatic heterocycles. The van der Waals surface area contributed by atoms with Crippen molar-refractivity contribution in [1.29, 1.82) is 0 Å². The van der Waals surface area contributed by atoms with E-state index in [4.69, 9.17) is 18.9 Å². The van der Waals surface area contributed by atoms with Gasteiger partial charge in [-0.2, -0.15) is 0 Å². The van der Waals surface area contributed by atoms with Crippen molar-refractivity contribution < 1.29 is 59.8 Å². The molecule has 0 aliphatic carbocycles. The molecule has 12 nitrogen and oxygen atoms in total. The first-order valence-corrected chi connectivity index (χ1v) is 9.31. The van der Waals surface area contributed by atoms with Gasteiger partial charge in [-0.15, -0.1) is 0 Å². The van der Waals surface area contributed by atoms with Crippen LogP contribution in [0.4, 0.5) is 0 Å². The highest BCUT2D eigenvalue weighted by Crippen LogP contribution is 2.30. The van der Waals surface area contributed by atoms with Gasteiger partial charge in [0.05, 0.1) is 13.2 Å². The van der Waals surface area contributed by atoms with Gasteiger partial charge in [0.1, 0.15) is 60.3 Å². The Morgan fingerprint density at radius 3 is 1.87 bits per heavy atom. The largest absolute Gasteiger partial charge is 0.508 e. The monoisotopic (exact) mass is 434 g/mol. The number of hydrogen-bond acceptors (Lipinski definition) is 12. The van der Waals surface area contributed by atoms with Gasteiger partial charge in [0.15, 0.2) is 6.29 Å². The van der Waals surface area contributed by atoms with Gasteiger partial charge in [-0.05, 0) is 24.3 Å². The lowest BCUT2D eigenvalue weighted by Crippen LogP contribution is -2.65. The molecule has 0 bridgehead atoms. The van der Waals surface area contributed by atoms with Gasteiger partial charge in [0, 0.05) is 0 Å². The topological polar surface area (TPSA) is 199 Å². The average Bonchev–Trinajstić information content (AvgIpc) is 2.74. The molecular formula is C18H26O12. The molecule has 1 aromatic rings. The number of ether oxygens (including phenoxy) is 4. The maximum atomic E-state index is 10.5. The van der Waals surface area contributed by atoms with Crippen LogP contribution in [0, 0.1) is 0 Å². The van der Waals surface area contributed by atoms with Gasteiger partial charge in [-0.1, -0.05) is 0 Å². The minimum absolute atomic E-state index is 0.00581. The third-order valence-electron chi connectivity index (χ3n) is 5.05. The predicted octanol–water partition coefficient (Wildman–Crippen LogP) is -3.60. The number of rotatable bonds is 6. The Morgan fingerprint density at radius 1 is 0.700 bits per heavy atom. The lowest BCUT2D eigenvalue weighted by atomic mass is 9.97. The van der Waals surface area contributed by atoms with E-state index in [1.807, 2.05) is 0 Å². The normalized spacial score (nSPS) is 42.1. The molecule has 8 N–H and O–H groups in total. The second-order valence-electron chi connectivity index (χ2n) is 7.12. The molecule has 3 rings (SSSR count). The van der Waals surface area contributed by atoms with Gasteiger partial charge in [0.25, 0.3) is 0 Å². The van der Waals surface area contributed by atoms with E-state index in [2.05, 4.69) is 0 Å². The van der Waals surface area contributed by atoms with Crippen LogP contribution in [-0.2, 0) is 14.2 Å². The molecular weight excluding hydrogens is 408 g/mol. The fourth-order valence-electron chi connectivity index (χ4n) is 3.31. The summed E-state index contributed by atoms with van der Waals surface area (Å²) in [5, 5.41) is 78.9. The molecule has 0 spiro atoms. The smallest absolute Gasteiger partial charge is 0.229 e. The molecule has 170 valence electrons. The summed E-state index contributed by atoms with van der Waals surface area (Å²) in [6.07, 6.45) is -15.2. The lowest BCUT2D eigenvalue weighted by Gasteiger charge is -2.45. The van der Waals surface area contributed by atoms with Crippen LogP contribution in [0.25, 0.3) is 0 Å². The van der Waals surface area contributed by atoms with Crippen LogP contribution in [0.3, 0.4) is 0 Å². The molecule has 12 heteroatoms. The van der Waals surface area contributed by atoms with Gasteiger partial charge in [-0.25, -0.2) is 0 Å². The van der Waals surface area contributed by atoms with Crippen molar-refractivity contribution in [2.24, 2.45) is 0 Å². The van der Waals surface area contributed by atoms with Gasteiger partial charge in [0.2, 0.25) is 6.29 Å². The van der Waals surface area contributed by atoms with Crippen LogP contribution in [0.2, 0.25) is 0 Å². The molecule has 2 fully saturated rings. The second-order valence-corrected chi connectivity index (χ2v) is 7.12. The Morgan fingerprint density at radius 2 is 1.27 bits per heavy atom. The van der Waals surface area contributed by atoms with Crippen LogP contribution in [0.15, 0.2) is 24.3 Å². The Kier molecular flexibility index (Phi) is 7.47. The van der Waals surface area contributed by atoms with E-state index < -0.39 is 74.6 Å². The van der Waals surface area contributed by atoms with Crippen molar-refractivity contribution in [2.75, 3.05) is 13.2 Å². The van der Waals surface area contributed by atoms with E-state index >= 15 is 0 Å². The van der Waals surface area contributed by atoms with Gasteiger partial charge < -0.3 is 59.8 Å². The zero-order valence-corrected chi connectivity index (χ0v) is 15.7. The van der Waals surface area contributed by atoms with Crippen LogP contribution in [0.1, 0.15) is 0 Å². The molecule has 30 heavy (non-hydrogen) atoms. The van der Waals surface area contributed by atoms with Crippen molar-refractivity contribution in [1.82, 2.24) is 0 Å². The minimum atomic E-state index is -1.74. The highest BCUT2D eigenvalue weighted by atomic mass is 16.7. The predicted molar refractivity (Wildman–Crippen MR) is 95.1 cm³/mol. The molecule has 2 aliphatic rings. The number of phenols is 1. The van der Waals surface area contributed by atoms with Crippen molar-refractivity contribution in [3.8, 4) is 11.5 Å². The minimum Gasteiger partial charge on any atom is -0.508 e. The molecule has 0 saturated carbocycles. The molecule has 0 radical (unpaired) electrons. The van der Waals surface area contributed by atoms with Crippen molar-refractivity contribution >= 4 is 0 Å². The summed E-state index contributed by atoms with van der Waals surface area (Å²) in [4.78, 5) is 0. The number of phenolic OH excluding ortho intramolecular Hbond substituents is 1. The third kappa shape index (κ3) is 4.68. The Hall–Kier alpha value is -1.58. The number of benzene rings is 1. The van der Waals surface area contributed by atoms with E-state index in [-0.39, 0.29) is 11.5 Å². The zero-order valence-electron chi connectivity index (χ0n) is 15.7. The van der Waals surface area contributed by atoms with Crippen LogP contribution in [0.5, 0.6) is 11.5 Å². The van der Waals surface area contributed by atoms with Crippen molar-refractivity contribution in [2.45, 2.75) is 61.4 Å². The molecule has 2 saturated heterocycles. The Balaban J connectivity index is 1.71. The van der Waals surface area contributed by atoms with E-state index in [1.165, 1.54) is 24.3 Å². The molecule has 1 aromatic carbocycles. The summed E-state index contributed by atoms with van der Waals surface area (Å²) < 4.78 is 21.6. The molecule has 2 heterocycles. The fourth-order valence-corrected chi connectivity index (χ4v) is 3.31. The van der Waals surface area contributed by atoms with E-state index in [0.717, 1.165) is 0 Å². The molecule has 0 amide bonds. The number of aliphatic hydroxyl groups is 7. The zero-order chi connectivity index (χ0) is 22.0. The second kappa shape index (κ2) is 9.70. The summed E-state index contributed by atoms with van der Waals surface area (Å²) in [7, 11) is 0. The summed E-state index contributed by atoms with van der Waals surface area (Å²) in [6.45, 7) is -1.34. The van der Waals surface area contributed by atoms with E-state index in [1.54, 1.807) is 0 Å². The number of hydrogen-bond donors (Lipinski definition) is 8. The summed E-state index contributed by atoms with van der Waals surface area (Å²) in [6, 6.07) is 5.50. The maximum absolute atomic E-state index is 10.5. The van der Waals surface area contributed by atoms with Crippen molar-refractivity contribution in [3.63, 3.8) is 0 Å². The van der Waals surface area contributed by atoms with Crippen LogP contribution >= 0.6 is 0 Å². The quantitative estimate of drug-likeness (QED) is 0.219. The lowest BCUT2D eigenvalue weighted by molar-refractivity contribution is -0.352. The first kappa shape index (κ1) is 23.1. The number of aliphatic hydroxyl groups excluding tert-OH is 7. The number of aromatic hydroxyl groups is 1.